The normalized spacial score (nSPS) is 19.5. The van der Waals surface area contributed by atoms with E-state index >= 15 is 0 Å². The lowest BCUT2D eigenvalue weighted by Gasteiger charge is -2.37. The molecule has 0 bridgehead atoms. The fraction of sp³-hybridized carbons (Fsp3) is 0.467. The Morgan fingerprint density at radius 2 is 2.05 bits per heavy atom. The molecule has 0 unspecified atom stereocenters. The van der Waals surface area contributed by atoms with Crippen LogP contribution in [0.25, 0.3) is 0 Å². The number of hydrazine groups is 1. The lowest BCUT2D eigenvalue weighted by molar-refractivity contribution is -0.200. The molecule has 0 saturated carbocycles. The Morgan fingerprint density at radius 1 is 1.41 bits per heavy atom. The second-order valence-corrected chi connectivity index (χ2v) is 5.92. The fourth-order valence-corrected chi connectivity index (χ4v) is 2.67. The number of carbonyl (C=O) groups is 1. The second-order valence-electron chi connectivity index (χ2n) is 5.92. The lowest BCUT2D eigenvalue weighted by atomic mass is 9.95. The predicted molar refractivity (Wildman–Crippen MR) is 73.4 cm³/mol. The molecule has 1 saturated heterocycles. The van der Waals surface area contributed by atoms with Gasteiger partial charge in [0.1, 0.15) is 6.04 Å². The molecular weight excluding hydrogens is 295 g/mol. The Hall–Kier alpha value is -2.07. The molecule has 1 aromatic rings. The second kappa shape index (κ2) is 5.61. The molecule has 2 rings (SSSR count). The number of carbonyl (C=O) groups excluding carboxylic acids is 1. The van der Waals surface area contributed by atoms with E-state index < -0.39 is 30.1 Å². The summed E-state index contributed by atoms with van der Waals surface area (Å²) in [5.74, 6) is -0.437. The van der Waals surface area contributed by atoms with Crippen molar-refractivity contribution in [3.8, 4) is 6.07 Å². The maximum atomic E-state index is 13.5. The number of nitrogens with zero attached hydrogens (tertiary/aromatic N) is 2. The minimum absolute atomic E-state index is 0.000519. The average Bonchev–Trinajstić information content (AvgIpc) is 2.67. The molecule has 0 aromatic heterocycles. The van der Waals surface area contributed by atoms with Crippen molar-refractivity contribution in [1.82, 2.24) is 10.4 Å². The van der Waals surface area contributed by atoms with Crippen LogP contribution in [0.5, 0.6) is 0 Å². The number of alkyl halides is 3. The summed E-state index contributed by atoms with van der Waals surface area (Å²) in [6.45, 7) is 3.17. The van der Waals surface area contributed by atoms with Crippen LogP contribution in [-0.2, 0) is 11.2 Å². The van der Waals surface area contributed by atoms with Gasteiger partial charge in [0.2, 0.25) is 5.91 Å². The van der Waals surface area contributed by atoms with E-state index in [4.69, 9.17) is 5.26 Å². The van der Waals surface area contributed by atoms with Gasteiger partial charge >= 0.3 is 6.18 Å². The molecular formula is C15H16F3N3O. The third kappa shape index (κ3) is 3.22. The Morgan fingerprint density at radius 3 is 2.55 bits per heavy atom. The summed E-state index contributed by atoms with van der Waals surface area (Å²) in [6, 6.07) is 6.20. The third-order valence-corrected chi connectivity index (χ3v) is 3.73. The molecule has 1 aliphatic heterocycles. The number of nitrogens with one attached hydrogen (secondary N) is 1. The van der Waals surface area contributed by atoms with Crippen LogP contribution in [0.15, 0.2) is 24.3 Å². The molecule has 118 valence electrons. The maximum Gasteiger partial charge on any atom is 0.406 e. The molecule has 1 fully saturated rings. The number of amides is 1. The topological polar surface area (TPSA) is 56.1 Å². The van der Waals surface area contributed by atoms with Gasteiger partial charge in [-0.3, -0.25) is 10.2 Å². The zero-order chi connectivity index (χ0) is 16.5. The molecule has 4 nitrogen and oxygen atoms in total. The van der Waals surface area contributed by atoms with E-state index in [2.05, 4.69) is 5.43 Å². The standard InChI is InChI=1S/C15H16F3N3O/c1-14(2)8-13(22)20-21(14)12(15(16,17)18)7-10-5-3-4-6-11(10)9-19/h3-6,12H,7-8H2,1-2H3,(H,20,22)/t12-/m0/s1. The zero-order valence-corrected chi connectivity index (χ0v) is 12.2. The summed E-state index contributed by atoms with van der Waals surface area (Å²) in [5.41, 5.74) is 1.87. The Balaban J connectivity index is 2.37. The monoisotopic (exact) mass is 311 g/mol. The van der Waals surface area contributed by atoms with Crippen molar-refractivity contribution in [3.05, 3.63) is 35.4 Å². The van der Waals surface area contributed by atoms with Crippen molar-refractivity contribution in [2.24, 2.45) is 0 Å². The highest BCUT2D eigenvalue weighted by atomic mass is 19.4. The van der Waals surface area contributed by atoms with Crippen molar-refractivity contribution in [2.45, 2.75) is 44.4 Å². The summed E-state index contributed by atoms with van der Waals surface area (Å²) >= 11 is 0. The van der Waals surface area contributed by atoms with Crippen LogP contribution >= 0.6 is 0 Å². The Kier molecular flexibility index (Phi) is 4.16. The van der Waals surface area contributed by atoms with Gasteiger partial charge in [-0.1, -0.05) is 18.2 Å². The van der Waals surface area contributed by atoms with Gasteiger partial charge in [0.15, 0.2) is 0 Å². The van der Waals surface area contributed by atoms with Crippen LogP contribution < -0.4 is 5.43 Å². The van der Waals surface area contributed by atoms with E-state index in [1.807, 2.05) is 6.07 Å². The average molecular weight is 311 g/mol. The van der Waals surface area contributed by atoms with Crippen LogP contribution in [0.3, 0.4) is 0 Å². The highest BCUT2D eigenvalue weighted by molar-refractivity contribution is 5.79. The first-order valence-corrected chi connectivity index (χ1v) is 6.79. The first-order valence-electron chi connectivity index (χ1n) is 6.79. The summed E-state index contributed by atoms with van der Waals surface area (Å²) in [4.78, 5) is 11.5. The van der Waals surface area contributed by atoms with E-state index in [0.29, 0.717) is 5.56 Å². The number of halogens is 3. The van der Waals surface area contributed by atoms with Gasteiger partial charge in [-0.15, -0.1) is 0 Å². The predicted octanol–water partition coefficient (Wildman–Crippen LogP) is 2.55. The Bertz CT molecular complexity index is 619. The number of nitriles is 1. The van der Waals surface area contributed by atoms with E-state index in [1.165, 1.54) is 12.1 Å². The van der Waals surface area contributed by atoms with Crippen molar-refractivity contribution in [3.63, 3.8) is 0 Å². The number of rotatable bonds is 3. The van der Waals surface area contributed by atoms with Crippen LogP contribution in [0, 0.1) is 11.3 Å². The molecule has 22 heavy (non-hydrogen) atoms. The maximum absolute atomic E-state index is 13.5. The summed E-state index contributed by atoms with van der Waals surface area (Å²) < 4.78 is 40.5. The van der Waals surface area contributed by atoms with Gasteiger partial charge in [-0.05, 0) is 31.9 Å². The van der Waals surface area contributed by atoms with Crippen molar-refractivity contribution in [2.75, 3.05) is 0 Å². The third-order valence-electron chi connectivity index (χ3n) is 3.73. The van der Waals surface area contributed by atoms with Gasteiger partial charge in [0.05, 0.1) is 11.6 Å². The Labute approximate surface area is 126 Å². The molecule has 0 radical (unpaired) electrons. The molecule has 1 heterocycles. The minimum atomic E-state index is -4.53. The van der Waals surface area contributed by atoms with E-state index in [0.717, 1.165) is 5.01 Å². The molecule has 1 N–H and O–H groups in total. The van der Waals surface area contributed by atoms with E-state index in [9.17, 15) is 18.0 Å². The smallest absolute Gasteiger partial charge is 0.288 e. The van der Waals surface area contributed by atoms with Crippen LogP contribution in [-0.4, -0.2) is 28.7 Å². The summed E-state index contributed by atoms with van der Waals surface area (Å²) in [6.07, 6.45) is -4.92. The van der Waals surface area contributed by atoms with E-state index in [-0.39, 0.29) is 12.0 Å². The quantitative estimate of drug-likeness (QED) is 0.933. The van der Waals surface area contributed by atoms with Crippen LogP contribution in [0.4, 0.5) is 13.2 Å². The largest absolute Gasteiger partial charge is 0.406 e. The SMILES string of the molecule is CC1(C)CC(=O)NN1[C@@H](Cc1ccccc1C#N)C(F)(F)F. The van der Waals surface area contributed by atoms with Crippen LogP contribution in [0.1, 0.15) is 31.4 Å². The van der Waals surface area contributed by atoms with Crippen LogP contribution in [0.2, 0.25) is 0 Å². The number of benzene rings is 1. The van der Waals surface area contributed by atoms with Gasteiger partial charge in [-0.2, -0.15) is 18.4 Å². The lowest BCUT2D eigenvalue weighted by Crippen LogP contribution is -2.57. The number of hydrogen-bond acceptors (Lipinski definition) is 3. The van der Waals surface area contributed by atoms with Crippen molar-refractivity contribution in [1.29, 1.82) is 5.26 Å². The molecule has 1 atom stereocenters. The van der Waals surface area contributed by atoms with Crippen molar-refractivity contribution < 1.29 is 18.0 Å². The molecule has 7 heteroatoms. The van der Waals surface area contributed by atoms with Crippen molar-refractivity contribution >= 4 is 5.91 Å². The molecule has 1 aliphatic rings. The van der Waals surface area contributed by atoms with Gasteiger partial charge in [0.25, 0.3) is 0 Å². The summed E-state index contributed by atoms with van der Waals surface area (Å²) in [7, 11) is 0. The first-order chi connectivity index (χ1) is 10.1. The highest BCUT2D eigenvalue weighted by Crippen LogP contribution is 2.35. The van der Waals surface area contributed by atoms with Gasteiger partial charge < -0.3 is 0 Å². The van der Waals surface area contributed by atoms with Gasteiger partial charge in [-0.25, -0.2) is 5.01 Å². The summed E-state index contributed by atoms with van der Waals surface area (Å²) in [5, 5.41) is 9.99. The minimum Gasteiger partial charge on any atom is -0.288 e. The first kappa shape index (κ1) is 16.3. The fourth-order valence-electron chi connectivity index (χ4n) is 2.67. The zero-order valence-electron chi connectivity index (χ0n) is 12.2. The van der Waals surface area contributed by atoms with E-state index in [1.54, 1.807) is 26.0 Å². The molecule has 0 aliphatic carbocycles. The number of hydrogen-bond donors (Lipinski definition) is 1. The van der Waals surface area contributed by atoms with Gasteiger partial charge in [0, 0.05) is 12.0 Å². The highest BCUT2D eigenvalue weighted by Gasteiger charge is 2.52. The molecule has 0 spiro atoms. The molecule has 1 amide bonds. The molecule has 1 aromatic carbocycles.